The highest BCUT2D eigenvalue weighted by Gasteiger charge is 2.34. The zero-order valence-electron chi connectivity index (χ0n) is 15.6. The number of anilines is 1. The molecule has 1 aromatic heterocycles. The largest absolute Gasteiger partial charge is 0.417 e. The maximum absolute atomic E-state index is 12.8. The first-order valence-electron chi connectivity index (χ1n) is 8.73. The van der Waals surface area contributed by atoms with E-state index < -0.39 is 11.7 Å². The summed E-state index contributed by atoms with van der Waals surface area (Å²) >= 11 is 6.05. The average Bonchev–Trinajstić information content (AvgIpc) is 3.04. The molecule has 2 aliphatic heterocycles. The second kappa shape index (κ2) is 9.21. The summed E-state index contributed by atoms with van der Waals surface area (Å²) in [5.74, 6) is 1.07. The predicted molar refractivity (Wildman–Crippen MR) is 114 cm³/mol. The Kier molecular flexibility index (Phi) is 7.65. The van der Waals surface area contributed by atoms with Gasteiger partial charge in [-0.05, 0) is 12.5 Å². The van der Waals surface area contributed by atoms with Crippen LogP contribution in [0.3, 0.4) is 0 Å². The van der Waals surface area contributed by atoms with Crippen LogP contribution in [0.5, 0.6) is 0 Å². The van der Waals surface area contributed by atoms with Gasteiger partial charge in [0.2, 0.25) is 0 Å². The van der Waals surface area contributed by atoms with Crippen LogP contribution in [0.2, 0.25) is 5.02 Å². The highest BCUT2D eigenvalue weighted by atomic mass is 127. The summed E-state index contributed by atoms with van der Waals surface area (Å²) in [7, 11) is 1.70. The number of guanidine groups is 1. The summed E-state index contributed by atoms with van der Waals surface area (Å²) in [4.78, 5) is 10.1. The summed E-state index contributed by atoms with van der Waals surface area (Å²) < 4.78 is 43.5. The molecule has 158 valence electrons. The van der Waals surface area contributed by atoms with E-state index in [-0.39, 0.29) is 40.5 Å². The Morgan fingerprint density at radius 2 is 2.18 bits per heavy atom. The van der Waals surface area contributed by atoms with Gasteiger partial charge in [-0.25, -0.2) is 4.98 Å². The minimum atomic E-state index is -4.45. The van der Waals surface area contributed by atoms with E-state index in [9.17, 15) is 13.2 Å². The van der Waals surface area contributed by atoms with Crippen molar-refractivity contribution in [2.75, 3.05) is 44.8 Å². The quantitative estimate of drug-likeness (QED) is 0.354. The summed E-state index contributed by atoms with van der Waals surface area (Å²) in [5, 5.41) is 6.65. The zero-order valence-corrected chi connectivity index (χ0v) is 18.7. The first-order chi connectivity index (χ1) is 12.7. The first-order valence-corrected chi connectivity index (χ1v) is 9.11. The Balaban J connectivity index is 0.00000280. The van der Waals surface area contributed by atoms with Gasteiger partial charge in [0, 0.05) is 44.3 Å². The minimum Gasteiger partial charge on any atom is -0.380 e. The monoisotopic (exact) mass is 533 g/mol. The van der Waals surface area contributed by atoms with Gasteiger partial charge in [-0.1, -0.05) is 18.5 Å². The molecule has 0 spiro atoms. The van der Waals surface area contributed by atoms with Crippen LogP contribution < -0.4 is 15.5 Å². The molecule has 1 atom stereocenters. The number of nitrogens with one attached hydrogen (secondary N) is 2. The second-order valence-electron chi connectivity index (χ2n) is 7.33. The van der Waals surface area contributed by atoms with Crippen molar-refractivity contribution in [2.24, 2.45) is 10.4 Å². The van der Waals surface area contributed by atoms with Crippen molar-refractivity contribution in [3.63, 3.8) is 0 Å². The number of aliphatic imine (C=N–C) groups is 1. The number of alkyl halides is 3. The zero-order chi connectivity index (χ0) is 19.7. The lowest BCUT2D eigenvalue weighted by Gasteiger charge is -2.38. The van der Waals surface area contributed by atoms with Crippen LogP contribution in [-0.4, -0.2) is 56.9 Å². The molecule has 0 radical (unpaired) electrons. The lowest BCUT2D eigenvalue weighted by molar-refractivity contribution is -0.137. The van der Waals surface area contributed by atoms with Crippen LogP contribution in [0.4, 0.5) is 19.0 Å². The summed E-state index contributed by atoms with van der Waals surface area (Å²) in [6, 6.07) is 1.02. The Hall–Kier alpha value is -1.01. The normalized spacial score (nSPS) is 21.7. The Morgan fingerprint density at radius 1 is 1.46 bits per heavy atom. The van der Waals surface area contributed by atoms with E-state index in [2.05, 4.69) is 27.5 Å². The molecule has 3 rings (SSSR count). The van der Waals surface area contributed by atoms with Gasteiger partial charge in [0.15, 0.2) is 5.96 Å². The van der Waals surface area contributed by atoms with Crippen LogP contribution >= 0.6 is 35.6 Å². The Morgan fingerprint density at radius 3 is 2.71 bits per heavy atom. The third-order valence-corrected chi connectivity index (χ3v) is 5.06. The van der Waals surface area contributed by atoms with Crippen LogP contribution in [0, 0.1) is 5.41 Å². The lowest BCUT2D eigenvalue weighted by Crippen LogP contribution is -2.52. The first kappa shape index (κ1) is 23.3. The third kappa shape index (κ3) is 5.53. The summed E-state index contributed by atoms with van der Waals surface area (Å²) in [5.41, 5.74) is -0.722. The predicted octanol–water partition coefficient (Wildman–Crippen LogP) is 3.15. The molecule has 0 saturated carbocycles. The van der Waals surface area contributed by atoms with Gasteiger partial charge in [0.05, 0.1) is 23.8 Å². The van der Waals surface area contributed by atoms with E-state index in [0.29, 0.717) is 24.9 Å². The molecule has 2 fully saturated rings. The molecule has 0 aliphatic carbocycles. The molecule has 0 amide bonds. The molecule has 11 heteroatoms. The molecule has 2 N–H and O–H groups in total. The molecule has 0 bridgehead atoms. The SMILES string of the molecule is CN=C(NCC1(C)COC1)NC1CCN(c2ncc(C(F)(F)F)cc2Cl)C1.I. The number of rotatable bonds is 4. The number of hydrogen-bond donors (Lipinski definition) is 2. The van der Waals surface area contributed by atoms with E-state index in [0.717, 1.165) is 38.4 Å². The number of aromatic nitrogens is 1. The van der Waals surface area contributed by atoms with Crippen molar-refractivity contribution in [3.8, 4) is 0 Å². The molecule has 2 aliphatic rings. The average molecular weight is 534 g/mol. The van der Waals surface area contributed by atoms with Crippen molar-refractivity contribution in [3.05, 3.63) is 22.8 Å². The minimum absolute atomic E-state index is 0. The topological polar surface area (TPSA) is 61.8 Å². The summed E-state index contributed by atoms with van der Waals surface area (Å²) in [6.45, 7) is 5.60. The highest BCUT2D eigenvalue weighted by Crippen LogP contribution is 2.34. The smallest absolute Gasteiger partial charge is 0.380 e. The van der Waals surface area contributed by atoms with E-state index in [1.54, 1.807) is 7.05 Å². The van der Waals surface area contributed by atoms with E-state index >= 15 is 0 Å². The van der Waals surface area contributed by atoms with Gasteiger partial charge in [0.25, 0.3) is 0 Å². The van der Waals surface area contributed by atoms with Gasteiger partial charge < -0.3 is 20.3 Å². The van der Waals surface area contributed by atoms with Gasteiger partial charge in [0.1, 0.15) is 5.82 Å². The van der Waals surface area contributed by atoms with Crippen molar-refractivity contribution >= 4 is 47.4 Å². The number of ether oxygens (including phenoxy) is 1. The van der Waals surface area contributed by atoms with Crippen molar-refractivity contribution in [2.45, 2.75) is 25.6 Å². The maximum Gasteiger partial charge on any atom is 0.417 e. The van der Waals surface area contributed by atoms with Crippen LogP contribution in [0.1, 0.15) is 18.9 Å². The fourth-order valence-electron chi connectivity index (χ4n) is 3.13. The van der Waals surface area contributed by atoms with Gasteiger partial charge in [-0.3, -0.25) is 4.99 Å². The van der Waals surface area contributed by atoms with Crippen molar-refractivity contribution in [1.82, 2.24) is 15.6 Å². The van der Waals surface area contributed by atoms with Crippen molar-refractivity contribution in [1.29, 1.82) is 0 Å². The molecule has 6 nitrogen and oxygen atoms in total. The van der Waals surface area contributed by atoms with E-state index in [1.165, 1.54) is 0 Å². The molecule has 1 aromatic rings. The van der Waals surface area contributed by atoms with E-state index in [1.807, 2.05) is 4.90 Å². The fourth-order valence-corrected chi connectivity index (χ4v) is 3.41. The van der Waals surface area contributed by atoms with Gasteiger partial charge in [-0.2, -0.15) is 13.2 Å². The van der Waals surface area contributed by atoms with Gasteiger partial charge >= 0.3 is 6.18 Å². The van der Waals surface area contributed by atoms with Crippen LogP contribution in [-0.2, 0) is 10.9 Å². The second-order valence-corrected chi connectivity index (χ2v) is 7.74. The van der Waals surface area contributed by atoms with E-state index in [4.69, 9.17) is 16.3 Å². The molecular formula is C17H24ClF3IN5O. The molecular weight excluding hydrogens is 510 g/mol. The number of halogens is 5. The Bertz CT molecular complexity index is 715. The van der Waals surface area contributed by atoms with Crippen LogP contribution in [0.15, 0.2) is 17.3 Å². The molecule has 28 heavy (non-hydrogen) atoms. The molecule has 1 unspecified atom stereocenters. The number of nitrogens with zero attached hydrogens (tertiary/aromatic N) is 3. The lowest BCUT2D eigenvalue weighted by atomic mass is 9.89. The number of pyridine rings is 1. The van der Waals surface area contributed by atoms with Gasteiger partial charge in [-0.15, -0.1) is 24.0 Å². The fraction of sp³-hybridized carbons (Fsp3) is 0.647. The molecule has 0 aromatic carbocycles. The molecule has 2 saturated heterocycles. The van der Waals surface area contributed by atoms with Crippen LogP contribution in [0.25, 0.3) is 0 Å². The maximum atomic E-state index is 12.8. The van der Waals surface area contributed by atoms with Crippen molar-refractivity contribution < 1.29 is 17.9 Å². The third-order valence-electron chi connectivity index (χ3n) is 4.78. The summed E-state index contributed by atoms with van der Waals surface area (Å²) in [6.07, 6.45) is -2.82. The molecule has 3 heterocycles. The highest BCUT2D eigenvalue weighted by molar-refractivity contribution is 14.0. The number of hydrogen-bond acceptors (Lipinski definition) is 4. The standard InChI is InChI=1S/C17H23ClF3N5O.HI/c1-16(9-27-10-16)8-24-15(22-2)25-12-3-4-26(7-12)14-13(18)5-11(6-23-14)17(19,20)21;/h5-6,12H,3-4,7-10H2,1-2H3,(H2,22,24,25);1H. The Labute approximate surface area is 184 Å².